The van der Waals surface area contributed by atoms with Gasteiger partial charge in [-0.1, -0.05) is 6.92 Å². The molecule has 1 unspecified atom stereocenters. The molecule has 0 aliphatic carbocycles. The van der Waals surface area contributed by atoms with E-state index in [2.05, 4.69) is 31.4 Å². The summed E-state index contributed by atoms with van der Waals surface area (Å²) in [6, 6.07) is 4.16. The van der Waals surface area contributed by atoms with Crippen molar-refractivity contribution < 1.29 is 5.11 Å². The quantitative estimate of drug-likeness (QED) is 0.863. The SMILES string of the molecule is CCc1ccsc1C(O)c1csc(C)c1. The van der Waals surface area contributed by atoms with E-state index in [1.807, 2.05) is 5.38 Å². The molecule has 2 heterocycles. The largest absolute Gasteiger partial charge is 0.383 e. The number of aliphatic hydroxyl groups is 1. The molecule has 0 fully saturated rings. The monoisotopic (exact) mass is 238 g/mol. The molecular weight excluding hydrogens is 224 g/mol. The summed E-state index contributed by atoms with van der Waals surface area (Å²) in [5.74, 6) is 0. The van der Waals surface area contributed by atoms with Crippen molar-refractivity contribution in [2.75, 3.05) is 0 Å². The van der Waals surface area contributed by atoms with Crippen molar-refractivity contribution >= 4 is 22.7 Å². The highest BCUT2D eigenvalue weighted by Gasteiger charge is 2.16. The molecule has 0 amide bonds. The van der Waals surface area contributed by atoms with Gasteiger partial charge in [0.15, 0.2) is 0 Å². The van der Waals surface area contributed by atoms with E-state index in [1.54, 1.807) is 22.7 Å². The summed E-state index contributed by atoms with van der Waals surface area (Å²) in [6.07, 6.45) is 0.545. The minimum atomic E-state index is -0.440. The number of aryl methyl sites for hydroxylation is 2. The number of hydrogen-bond acceptors (Lipinski definition) is 3. The molecule has 1 N–H and O–H groups in total. The van der Waals surface area contributed by atoms with Crippen LogP contribution in [0.4, 0.5) is 0 Å². The fourth-order valence-electron chi connectivity index (χ4n) is 1.64. The zero-order valence-electron chi connectivity index (χ0n) is 8.86. The van der Waals surface area contributed by atoms with Gasteiger partial charge in [0.05, 0.1) is 0 Å². The maximum atomic E-state index is 10.2. The van der Waals surface area contributed by atoms with Crippen LogP contribution in [0.2, 0.25) is 0 Å². The Morgan fingerprint density at radius 3 is 2.80 bits per heavy atom. The van der Waals surface area contributed by atoms with Crippen LogP contribution in [0.15, 0.2) is 22.9 Å². The van der Waals surface area contributed by atoms with E-state index in [0.29, 0.717) is 0 Å². The van der Waals surface area contributed by atoms with Crippen molar-refractivity contribution in [2.45, 2.75) is 26.4 Å². The Bertz CT molecular complexity index is 442. The molecular formula is C12H14OS2. The summed E-state index contributed by atoms with van der Waals surface area (Å²) in [5.41, 5.74) is 2.28. The molecule has 2 aromatic heterocycles. The molecule has 0 radical (unpaired) electrons. The Hall–Kier alpha value is -0.640. The highest BCUT2D eigenvalue weighted by atomic mass is 32.1. The van der Waals surface area contributed by atoms with Crippen LogP contribution in [0.3, 0.4) is 0 Å². The second-order valence-electron chi connectivity index (χ2n) is 3.56. The molecule has 0 bridgehead atoms. The third kappa shape index (κ3) is 2.14. The molecule has 3 heteroatoms. The topological polar surface area (TPSA) is 20.2 Å². The van der Waals surface area contributed by atoms with E-state index in [4.69, 9.17) is 0 Å². The lowest BCUT2D eigenvalue weighted by molar-refractivity contribution is 0.223. The van der Waals surface area contributed by atoms with Gasteiger partial charge in [0.2, 0.25) is 0 Å². The second kappa shape index (κ2) is 4.47. The molecule has 2 rings (SSSR count). The minimum absolute atomic E-state index is 0.440. The summed E-state index contributed by atoms with van der Waals surface area (Å²) in [4.78, 5) is 2.34. The first-order valence-corrected chi connectivity index (χ1v) is 6.77. The minimum Gasteiger partial charge on any atom is -0.383 e. The fourth-order valence-corrected chi connectivity index (χ4v) is 3.37. The molecule has 0 aromatic carbocycles. The van der Waals surface area contributed by atoms with Crippen molar-refractivity contribution in [3.63, 3.8) is 0 Å². The summed E-state index contributed by atoms with van der Waals surface area (Å²) >= 11 is 3.33. The van der Waals surface area contributed by atoms with Crippen LogP contribution >= 0.6 is 22.7 Å². The van der Waals surface area contributed by atoms with Crippen molar-refractivity contribution in [1.82, 2.24) is 0 Å². The van der Waals surface area contributed by atoms with Crippen LogP contribution in [0.5, 0.6) is 0 Å². The molecule has 0 saturated heterocycles. The lowest BCUT2D eigenvalue weighted by Gasteiger charge is -2.08. The van der Waals surface area contributed by atoms with Crippen LogP contribution in [0.25, 0.3) is 0 Å². The summed E-state index contributed by atoms with van der Waals surface area (Å²) in [6.45, 7) is 4.19. The fraction of sp³-hybridized carbons (Fsp3) is 0.333. The van der Waals surface area contributed by atoms with Gasteiger partial charge in [0.1, 0.15) is 6.10 Å². The molecule has 0 aliphatic rings. The molecule has 2 aromatic rings. The smallest absolute Gasteiger partial charge is 0.114 e. The summed E-state index contributed by atoms with van der Waals surface area (Å²) < 4.78 is 0. The van der Waals surface area contributed by atoms with E-state index < -0.39 is 6.10 Å². The number of aliphatic hydroxyl groups excluding tert-OH is 1. The Kier molecular flexibility index (Phi) is 3.24. The molecule has 0 aliphatic heterocycles. The highest BCUT2D eigenvalue weighted by molar-refractivity contribution is 7.10. The number of thiophene rings is 2. The summed E-state index contributed by atoms with van der Waals surface area (Å²) in [7, 11) is 0. The van der Waals surface area contributed by atoms with E-state index in [1.165, 1.54) is 10.4 Å². The lowest BCUT2D eigenvalue weighted by Crippen LogP contribution is -1.98. The standard InChI is InChI=1S/C12H14OS2/c1-3-9-4-5-14-12(9)11(13)10-6-8(2)15-7-10/h4-7,11,13H,3H2,1-2H3. The Balaban J connectivity index is 2.31. The zero-order chi connectivity index (χ0) is 10.8. The molecule has 1 nitrogen and oxygen atoms in total. The number of rotatable bonds is 3. The van der Waals surface area contributed by atoms with Crippen molar-refractivity contribution in [3.8, 4) is 0 Å². The second-order valence-corrected chi connectivity index (χ2v) is 5.62. The molecule has 1 atom stereocenters. The highest BCUT2D eigenvalue weighted by Crippen LogP contribution is 2.32. The maximum Gasteiger partial charge on any atom is 0.114 e. The Morgan fingerprint density at radius 2 is 2.20 bits per heavy atom. The van der Waals surface area contributed by atoms with Crippen molar-refractivity contribution in [1.29, 1.82) is 0 Å². The van der Waals surface area contributed by atoms with Gasteiger partial charge in [0.25, 0.3) is 0 Å². The molecule has 0 saturated carbocycles. The Morgan fingerprint density at radius 1 is 1.40 bits per heavy atom. The van der Waals surface area contributed by atoms with Crippen LogP contribution < -0.4 is 0 Å². The first kappa shape index (κ1) is 10.9. The first-order chi connectivity index (χ1) is 7.22. The molecule has 15 heavy (non-hydrogen) atoms. The van der Waals surface area contributed by atoms with Crippen molar-refractivity contribution in [3.05, 3.63) is 43.8 Å². The van der Waals surface area contributed by atoms with Gasteiger partial charge in [0, 0.05) is 9.75 Å². The predicted octanol–water partition coefficient (Wildman–Crippen LogP) is 3.76. The lowest BCUT2D eigenvalue weighted by atomic mass is 10.1. The van der Waals surface area contributed by atoms with Crippen molar-refractivity contribution in [2.24, 2.45) is 0 Å². The van der Waals surface area contributed by atoms with Gasteiger partial charge in [-0.2, -0.15) is 0 Å². The van der Waals surface area contributed by atoms with Gasteiger partial charge < -0.3 is 5.11 Å². The molecule has 80 valence electrons. The first-order valence-electron chi connectivity index (χ1n) is 5.01. The zero-order valence-corrected chi connectivity index (χ0v) is 10.5. The van der Waals surface area contributed by atoms with Gasteiger partial charge in [-0.15, -0.1) is 22.7 Å². The van der Waals surface area contributed by atoms with Crippen LogP contribution in [-0.2, 0) is 6.42 Å². The third-order valence-corrected chi connectivity index (χ3v) is 4.37. The average molecular weight is 238 g/mol. The third-order valence-electron chi connectivity index (χ3n) is 2.48. The summed E-state index contributed by atoms with van der Waals surface area (Å²) in [5, 5.41) is 14.3. The average Bonchev–Trinajstić information content (AvgIpc) is 2.84. The normalized spacial score (nSPS) is 13.0. The van der Waals surface area contributed by atoms with Gasteiger partial charge >= 0.3 is 0 Å². The van der Waals surface area contributed by atoms with E-state index in [0.717, 1.165) is 16.9 Å². The van der Waals surface area contributed by atoms with E-state index in [-0.39, 0.29) is 0 Å². The molecule has 0 spiro atoms. The van der Waals surface area contributed by atoms with E-state index in [9.17, 15) is 5.11 Å². The van der Waals surface area contributed by atoms with Gasteiger partial charge in [-0.05, 0) is 47.4 Å². The van der Waals surface area contributed by atoms with E-state index >= 15 is 0 Å². The van der Waals surface area contributed by atoms with Gasteiger partial charge in [-0.3, -0.25) is 0 Å². The number of hydrogen-bond donors (Lipinski definition) is 1. The van der Waals surface area contributed by atoms with Crippen LogP contribution in [0, 0.1) is 6.92 Å². The maximum absolute atomic E-state index is 10.2. The predicted molar refractivity (Wildman–Crippen MR) is 66.8 cm³/mol. The Labute approximate surface area is 98.0 Å². The van der Waals surface area contributed by atoms with Gasteiger partial charge in [-0.25, -0.2) is 0 Å². The van der Waals surface area contributed by atoms with Crippen LogP contribution in [0.1, 0.15) is 33.9 Å². The van der Waals surface area contributed by atoms with Crippen LogP contribution in [-0.4, -0.2) is 5.11 Å².